The van der Waals surface area contributed by atoms with E-state index >= 15 is 0 Å². The molecule has 1 saturated heterocycles. The Morgan fingerprint density at radius 1 is 1.47 bits per heavy atom. The maximum atomic E-state index is 12.2. The van der Waals surface area contributed by atoms with E-state index < -0.39 is 15.2 Å². The Kier molecular flexibility index (Phi) is 4.30. The molecule has 6 heteroatoms. The zero-order valence-electron chi connectivity index (χ0n) is 11.3. The van der Waals surface area contributed by atoms with Crippen LogP contribution >= 0.6 is 11.8 Å². The van der Waals surface area contributed by atoms with Crippen molar-refractivity contribution in [3.8, 4) is 0 Å². The zero-order chi connectivity index (χ0) is 14.0. The lowest BCUT2D eigenvalue weighted by Gasteiger charge is -2.36. The lowest BCUT2D eigenvalue weighted by molar-refractivity contribution is 0.579. The molecule has 0 aromatic heterocycles. The predicted octanol–water partition coefficient (Wildman–Crippen LogP) is 1.89. The van der Waals surface area contributed by atoms with Crippen LogP contribution in [0.5, 0.6) is 0 Å². The highest BCUT2D eigenvalue weighted by atomic mass is 32.2. The number of aryl methyl sites for hydroxylation is 1. The van der Waals surface area contributed by atoms with Gasteiger partial charge in [-0.25, -0.2) is 8.42 Å². The number of nitrogens with two attached hydrogens (primary N) is 1. The molecule has 0 radical (unpaired) electrons. The minimum Gasteiger partial charge on any atom is -0.399 e. The highest BCUT2D eigenvalue weighted by Gasteiger charge is 2.32. The lowest BCUT2D eigenvalue weighted by atomic mass is 10.1. The molecule has 19 heavy (non-hydrogen) atoms. The van der Waals surface area contributed by atoms with Crippen molar-refractivity contribution in [2.75, 3.05) is 34.4 Å². The van der Waals surface area contributed by atoms with Crippen LogP contribution in [-0.2, 0) is 9.84 Å². The normalized spacial score (nSPS) is 20.5. The fourth-order valence-corrected chi connectivity index (χ4v) is 5.20. The van der Waals surface area contributed by atoms with Gasteiger partial charge in [-0.05, 0) is 30.7 Å². The summed E-state index contributed by atoms with van der Waals surface area (Å²) in [7, 11) is -3.07. The van der Waals surface area contributed by atoms with Gasteiger partial charge in [-0.15, -0.1) is 0 Å². The summed E-state index contributed by atoms with van der Waals surface area (Å²) < 4.78 is 24.4. The highest BCUT2D eigenvalue weighted by molar-refractivity contribution is 8.01. The summed E-state index contributed by atoms with van der Waals surface area (Å²) in [5, 5.41) is -0.417. The Labute approximate surface area is 119 Å². The van der Waals surface area contributed by atoms with Crippen molar-refractivity contribution in [3.63, 3.8) is 0 Å². The van der Waals surface area contributed by atoms with Gasteiger partial charge in [-0.3, -0.25) is 0 Å². The summed E-state index contributed by atoms with van der Waals surface area (Å²) in [6, 6.07) is 5.74. The molecule has 0 bridgehead atoms. The molecule has 0 spiro atoms. The molecule has 1 unspecified atom stereocenters. The first-order valence-corrected chi connectivity index (χ1v) is 9.25. The first-order chi connectivity index (χ1) is 8.95. The van der Waals surface area contributed by atoms with E-state index in [1.54, 1.807) is 18.7 Å². The summed E-state index contributed by atoms with van der Waals surface area (Å²) in [4.78, 5) is 2.00. The molecule has 1 aromatic carbocycles. The Morgan fingerprint density at radius 3 is 2.84 bits per heavy atom. The molecule has 1 heterocycles. The minimum absolute atomic E-state index is 0.183. The second kappa shape index (κ2) is 5.63. The molecule has 1 aliphatic rings. The fourth-order valence-electron chi connectivity index (χ4n) is 2.20. The molecule has 0 saturated carbocycles. The first-order valence-electron chi connectivity index (χ1n) is 6.38. The average Bonchev–Trinajstić information content (AvgIpc) is 2.42. The van der Waals surface area contributed by atoms with E-state index in [2.05, 4.69) is 0 Å². The minimum atomic E-state index is -3.07. The van der Waals surface area contributed by atoms with Crippen LogP contribution in [-0.4, -0.2) is 37.6 Å². The van der Waals surface area contributed by atoms with E-state index in [1.165, 1.54) is 0 Å². The molecule has 1 aliphatic heterocycles. The van der Waals surface area contributed by atoms with Crippen LogP contribution < -0.4 is 10.6 Å². The highest BCUT2D eigenvalue weighted by Crippen LogP contribution is 2.29. The average molecular weight is 300 g/mol. The second-order valence-electron chi connectivity index (χ2n) is 4.72. The molecule has 0 amide bonds. The maximum absolute atomic E-state index is 12.2. The number of nitrogen functional groups attached to an aromatic ring is 1. The molecule has 2 N–H and O–H groups in total. The van der Waals surface area contributed by atoms with Crippen LogP contribution in [0.1, 0.15) is 12.5 Å². The van der Waals surface area contributed by atoms with Crippen molar-refractivity contribution < 1.29 is 8.42 Å². The molecule has 2 rings (SSSR count). The number of hydrogen-bond acceptors (Lipinski definition) is 5. The molecular formula is C13H20N2O2S2. The Bertz CT molecular complexity index is 558. The molecule has 106 valence electrons. The Hall–Kier alpha value is -0.880. The van der Waals surface area contributed by atoms with Crippen molar-refractivity contribution in [1.82, 2.24) is 0 Å². The number of rotatable bonds is 3. The standard InChI is InChI=1S/C13H20N2O2S2/c1-3-19(16,17)13-9-18-7-6-15(13)11-4-5-12(14)10(2)8-11/h4-5,8,13H,3,6-7,9,14H2,1-2H3. The van der Waals surface area contributed by atoms with Crippen LogP contribution in [0.15, 0.2) is 18.2 Å². The first kappa shape index (κ1) is 14.5. The maximum Gasteiger partial charge on any atom is 0.171 e. The topological polar surface area (TPSA) is 63.4 Å². The Morgan fingerprint density at radius 2 is 2.21 bits per heavy atom. The van der Waals surface area contributed by atoms with Crippen LogP contribution in [0.4, 0.5) is 11.4 Å². The van der Waals surface area contributed by atoms with E-state index in [4.69, 9.17) is 5.73 Å². The van der Waals surface area contributed by atoms with E-state index in [1.807, 2.05) is 30.0 Å². The zero-order valence-corrected chi connectivity index (χ0v) is 12.9. The monoisotopic (exact) mass is 300 g/mol. The van der Waals surface area contributed by atoms with Crippen molar-refractivity contribution in [3.05, 3.63) is 23.8 Å². The molecule has 1 atom stereocenters. The molecular weight excluding hydrogens is 280 g/mol. The van der Waals surface area contributed by atoms with Crippen LogP contribution in [0, 0.1) is 6.92 Å². The van der Waals surface area contributed by atoms with Gasteiger partial charge in [-0.2, -0.15) is 11.8 Å². The van der Waals surface area contributed by atoms with Gasteiger partial charge >= 0.3 is 0 Å². The van der Waals surface area contributed by atoms with E-state index in [0.717, 1.165) is 29.2 Å². The summed E-state index contributed by atoms with van der Waals surface area (Å²) in [6.07, 6.45) is 0. The predicted molar refractivity (Wildman–Crippen MR) is 83.5 cm³/mol. The van der Waals surface area contributed by atoms with Gasteiger partial charge in [0.1, 0.15) is 5.37 Å². The van der Waals surface area contributed by atoms with Gasteiger partial charge in [0.25, 0.3) is 0 Å². The number of nitrogens with zero attached hydrogens (tertiary/aromatic N) is 1. The van der Waals surface area contributed by atoms with Gasteiger partial charge < -0.3 is 10.6 Å². The smallest absolute Gasteiger partial charge is 0.171 e. The van der Waals surface area contributed by atoms with E-state index in [0.29, 0.717) is 5.75 Å². The van der Waals surface area contributed by atoms with Gasteiger partial charge in [0.15, 0.2) is 9.84 Å². The third-order valence-corrected chi connectivity index (χ3v) is 6.78. The van der Waals surface area contributed by atoms with Gasteiger partial charge in [0, 0.05) is 35.2 Å². The number of thioether (sulfide) groups is 1. The molecule has 1 aromatic rings. The lowest BCUT2D eigenvalue weighted by Crippen LogP contribution is -2.48. The van der Waals surface area contributed by atoms with Crippen molar-refractivity contribution in [1.29, 1.82) is 0 Å². The summed E-state index contributed by atoms with van der Waals surface area (Å²) in [5.74, 6) is 1.78. The van der Waals surface area contributed by atoms with E-state index in [9.17, 15) is 8.42 Å². The van der Waals surface area contributed by atoms with Crippen molar-refractivity contribution in [2.24, 2.45) is 0 Å². The summed E-state index contributed by atoms with van der Waals surface area (Å²) in [6.45, 7) is 4.42. The van der Waals surface area contributed by atoms with E-state index in [-0.39, 0.29) is 5.75 Å². The molecule has 4 nitrogen and oxygen atoms in total. The van der Waals surface area contributed by atoms with Crippen LogP contribution in [0.2, 0.25) is 0 Å². The molecule has 1 fully saturated rings. The largest absolute Gasteiger partial charge is 0.399 e. The van der Waals surface area contributed by atoms with Gasteiger partial charge in [0.2, 0.25) is 0 Å². The van der Waals surface area contributed by atoms with Gasteiger partial charge in [0.05, 0.1) is 0 Å². The third-order valence-electron chi connectivity index (χ3n) is 3.49. The van der Waals surface area contributed by atoms with Gasteiger partial charge in [-0.1, -0.05) is 6.92 Å². The molecule has 0 aliphatic carbocycles. The second-order valence-corrected chi connectivity index (χ2v) is 8.31. The fraction of sp³-hybridized carbons (Fsp3) is 0.538. The summed E-state index contributed by atoms with van der Waals surface area (Å²) >= 11 is 1.71. The third kappa shape index (κ3) is 3.00. The Balaban J connectivity index is 2.37. The van der Waals surface area contributed by atoms with Crippen LogP contribution in [0.3, 0.4) is 0 Å². The SMILES string of the molecule is CCS(=O)(=O)C1CSCCN1c1ccc(N)c(C)c1. The number of benzene rings is 1. The van der Waals surface area contributed by atoms with Crippen LogP contribution in [0.25, 0.3) is 0 Å². The number of anilines is 2. The quantitative estimate of drug-likeness (QED) is 0.864. The number of sulfone groups is 1. The van der Waals surface area contributed by atoms with Crippen molar-refractivity contribution in [2.45, 2.75) is 19.2 Å². The number of hydrogen-bond donors (Lipinski definition) is 1. The summed E-state index contributed by atoms with van der Waals surface area (Å²) in [5.41, 5.74) is 8.51. The van der Waals surface area contributed by atoms with Crippen molar-refractivity contribution >= 4 is 33.0 Å².